The molecule has 0 heterocycles. The van der Waals surface area contributed by atoms with Crippen LogP contribution in [0.4, 0.5) is 0 Å². The number of amides is 1. The number of carbonyl (C=O) groups excluding carboxylic acids is 1. The van der Waals surface area contributed by atoms with Crippen LogP contribution in [0.25, 0.3) is 0 Å². The van der Waals surface area contributed by atoms with Gasteiger partial charge in [-0.2, -0.15) is 0 Å². The number of halogens is 2. The van der Waals surface area contributed by atoms with Crippen LogP contribution >= 0.6 is 23.2 Å². The molecule has 1 aromatic rings. The zero-order chi connectivity index (χ0) is 15.1. The van der Waals surface area contributed by atoms with Crippen LogP contribution in [0.5, 0.6) is 5.75 Å². The Balaban J connectivity index is 2.59. The van der Waals surface area contributed by atoms with E-state index in [2.05, 4.69) is 0 Å². The van der Waals surface area contributed by atoms with Gasteiger partial charge in [-0.05, 0) is 25.5 Å². The second kappa shape index (κ2) is 8.35. The van der Waals surface area contributed by atoms with E-state index in [0.29, 0.717) is 28.9 Å². The first-order valence-corrected chi connectivity index (χ1v) is 7.07. The Kier molecular flexibility index (Phi) is 7.13. The smallest absolute Gasteiger partial charge is 0.263 e. The lowest BCUT2D eigenvalue weighted by molar-refractivity contribution is -0.136. The highest BCUT2D eigenvalue weighted by atomic mass is 35.5. The molecule has 112 valence electrons. The van der Waals surface area contributed by atoms with E-state index in [4.69, 9.17) is 32.7 Å². The second-order valence-corrected chi connectivity index (χ2v) is 5.20. The SMILES string of the molecule is COCCCN(C)C(=O)C(C)Oc1cccc(Cl)c1Cl. The third kappa shape index (κ3) is 4.85. The van der Waals surface area contributed by atoms with E-state index in [1.54, 1.807) is 44.2 Å². The maximum Gasteiger partial charge on any atom is 0.263 e. The number of carbonyl (C=O) groups is 1. The molecule has 0 fully saturated rings. The summed E-state index contributed by atoms with van der Waals surface area (Å²) in [5.41, 5.74) is 0. The number of hydrogen-bond acceptors (Lipinski definition) is 3. The molecule has 0 saturated carbocycles. The molecule has 0 aliphatic carbocycles. The van der Waals surface area contributed by atoms with Crippen LogP contribution in [0.15, 0.2) is 18.2 Å². The van der Waals surface area contributed by atoms with Gasteiger partial charge in [0.15, 0.2) is 6.10 Å². The molecule has 1 amide bonds. The summed E-state index contributed by atoms with van der Waals surface area (Å²) in [6.45, 7) is 2.92. The zero-order valence-electron chi connectivity index (χ0n) is 11.9. The van der Waals surface area contributed by atoms with Crippen LogP contribution < -0.4 is 4.74 Å². The van der Waals surface area contributed by atoms with Crippen molar-refractivity contribution in [1.82, 2.24) is 4.90 Å². The summed E-state index contributed by atoms with van der Waals surface area (Å²) in [7, 11) is 3.37. The average molecular weight is 320 g/mol. The summed E-state index contributed by atoms with van der Waals surface area (Å²) in [6.07, 6.45) is 0.155. The first-order valence-electron chi connectivity index (χ1n) is 6.32. The highest BCUT2D eigenvalue weighted by Crippen LogP contribution is 2.32. The minimum Gasteiger partial charge on any atom is -0.479 e. The molecule has 0 aromatic heterocycles. The summed E-state index contributed by atoms with van der Waals surface area (Å²) < 4.78 is 10.5. The van der Waals surface area contributed by atoms with E-state index in [-0.39, 0.29) is 5.91 Å². The molecule has 6 heteroatoms. The molecule has 0 aliphatic rings. The fourth-order valence-electron chi connectivity index (χ4n) is 1.68. The van der Waals surface area contributed by atoms with E-state index in [1.807, 2.05) is 0 Å². The van der Waals surface area contributed by atoms with E-state index < -0.39 is 6.10 Å². The Morgan fingerprint density at radius 3 is 2.75 bits per heavy atom. The van der Waals surface area contributed by atoms with Gasteiger partial charge in [-0.1, -0.05) is 29.3 Å². The first kappa shape index (κ1) is 17.1. The Hall–Kier alpha value is -0.970. The Morgan fingerprint density at radius 2 is 2.10 bits per heavy atom. The summed E-state index contributed by atoms with van der Waals surface area (Å²) >= 11 is 11.9. The third-order valence-corrected chi connectivity index (χ3v) is 3.59. The number of nitrogens with zero attached hydrogens (tertiary/aromatic N) is 1. The average Bonchev–Trinajstić information content (AvgIpc) is 2.43. The van der Waals surface area contributed by atoms with E-state index in [9.17, 15) is 4.79 Å². The van der Waals surface area contributed by atoms with Crippen molar-refractivity contribution in [2.24, 2.45) is 0 Å². The fourth-order valence-corrected chi connectivity index (χ4v) is 2.02. The van der Waals surface area contributed by atoms with E-state index in [1.165, 1.54) is 0 Å². The highest BCUT2D eigenvalue weighted by Gasteiger charge is 2.20. The molecule has 0 bridgehead atoms. The Labute approximate surface area is 129 Å². The van der Waals surface area contributed by atoms with Gasteiger partial charge in [0.05, 0.1) is 5.02 Å². The predicted molar refractivity (Wildman–Crippen MR) is 80.7 cm³/mol. The molecule has 0 saturated heterocycles. The molecule has 4 nitrogen and oxygen atoms in total. The molecular formula is C14H19Cl2NO3. The molecule has 0 N–H and O–H groups in total. The number of hydrogen-bond donors (Lipinski definition) is 0. The molecule has 0 radical (unpaired) electrons. The standard InChI is InChI=1S/C14H19Cl2NO3/c1-10(14(18)17(2)8-5-9-19-3)20-12-7-4-6-11(15)13(12)16/h4,6-7,10H,5,8-9H2,1-3H3. The Morgan fingerprint density at radius 1 is 1.40 bits per heavy atom. The minimum absolute atomic E-state index is 0.114. The molecular weight excluding hydrogens is 301 g/mol. The normalized spacial score (nSPS) is 12.1. The maximum absolute atomic E-state index is 12.1. The minimum atomic E-state index is -0.626. The molecule has 0 aliphatic heterocycles. The lowest BCUT2D eigenvalue weighted by atomic mass is 10.3. The van der Waals surface area contributed by atoms with Gasteiger partial charge in [-0.3, -0.25) is 4.79 Å². The number of methoxy groups -OCH3 is 1. The third-order valence-electron chi connectivity index (χ3n) is 2.79. The first-order chi connectivity index (χ1) is 9.47. The van der Waals surface area contributed by atoms with Crippen molar-refractivity contribution in [3.63, 3.8) is 0 Å². The fraction of sp³-hybridized carbons (Fsp3) is 0.500. The van der Waals surface area contributed by atoms with E-state index in [0.717, 1.165) is 6.42 Å². The number of likely N-dealkylation sites (N-methyl/N-ethyl adjacent to an activating group) is 1. The predicted octanol–water partition coefficient (Wildman–Crippen LogP) is 3.26. The maximum atomic E-state index is 12.1. The molecule has 1 atom stereocenters. The van der Waals surface area contributed by atoms with Crippen molar-refractivity contribution in [3.8, 4) is 5.75 Å². The van der Waals surface area contributed by atoms with E-state index >= 15 is 0 Å². The van der Waals surface area contributed by atoms with Gasteiger partial charge in [0.2, 0.25) is 0 Å². The molecule has 1 rings (SSSR count). The largest absolute Gasteiger partial charge is 0.479 e. The number of benzene rings is 1. The monoisotopic (exact) mass is 319 g/mol. The molecule has 0 spiro atoms. The van der Waals surface area contributed by atoms with Gasteiger partial charge in [0, 0.05) is 27.3 Å². The lowest BCUT2D eigenvalue weighted by Crippen LogP contribution is -2.38. The van der Waals surface area contributed by atoms with Gasteiger partial charge in [0.25, 0.3) is 5.91 Å². The zero-order valence-corrected chi connectivity index (χ0v) is 13.4. The van der Waals surface area contributed by atoms with Crippen molar-refractivity contribution in [3.05, 3.63) is 28.2 Å². The van der Waals surface area contributed by atoms with Gasteiger partial charge < -0.3 is 14.4 Å². The van der Waals surface area contributed by atoms with Crippen LogP contribution in [0, 0.1) is 0 Å². The topological polar surface area (TPSA) is 38.8 Å². The lowest BCUT2D eigenvalue weighted by Gasteiger charge is -2.22. The summed E-state index contributed by atoms with van der Waals surface area (Å²) in [4.78, 5) is 13.7. The van der Waals surface area contributed by atoms with Crippen molar-refractivity contribution in [1.29, 1.82) is 0 Å². The summed E-state index contributed by atoms with van der Waals surface area (Å²) in [5, 5.41) is 0.716. The van der Waals surface area contributed by atoms with Crippen molar-refractivity contribution in [2.75, 3.05) is 27.3 Å². The van der Waals surface area contributed by atoms with Crippen LogP contribution in [0.2, 0.25) is 10.0 Å². The molecule has 20 heavy (non-hydrogen) atoms. The highest BCUT2D eigenvalue weighted by molar-refractivity contribution is 6.42. The molecule has 1 aromatic carbocycles. The van der Waals surface area contributed by atoms with Gasteiger partial charge >= 0.3 is 0 Å². The van der Waals surface area contributed by atoms with Crippen LogP contribution in [0.1, 0.15) is 13.3 Å². The van der Waals surface area contributed by atoms with Crippen molar-refractivity contribution in [2.45, 2.75) is 19.4 Å². The van der Waals surface area contributed by atoms with Crippen LogP contribution in [-0.4, -0.2) is 44.2 Å². The van der Waals surface area contributed by atoms with Crippen LogP contribution in [0.3, 0.4) is 0 Å². The van der Waals surface area contributed by atoms with Gasteiger partial charge in [0.1, 0.15) is 10.8 Å². The van der Waals surface area contributed by atoms with Crippen molar-refractivity contribution < 1.29 is 14.3 Å². The second-order valence-electron chi connectivity index (χ2n) is 4.42. The summed E-state index contributed by atoms with van der Waals surface area (Å²) in [5.74, 6) is 0.294. The number of ether oxygens (including phenoxy) is 2. The Bertz CT molecular complexity index is 454. The van der Waals surface area contributed by atoms with Gasteiger partial charge in [-0.25, -0.2) is 0 Å². The van der Waals surface area contributed by atoms with Crippen LogP contribution in [-0.2, 0) is 9.53 Å². The van der Waals surface area contributed by atoms with Gasteiger partial charge in [-0.15, -0.1) is 0 Å². The molecule has 1 unspecified atom stereocenters. The number of rotatable bonds is 7. The van der Waals surface area contributed by atoms with Crippen molar-refractivity contribution >= 4 is 29.1 Å². The summed E-state index contributed by atoms with van der Waals surface area (Å²) in [6, 6.07) is 5.08. The quantitative estimate of drug-likeness (QED) is 0.724.